The molecular weight excluding hydrogens is 336 g/mol. The molecule has 0 spiro atoms. The van der Waals surface area contributed by atoms with Crippen molar-refractivity contribution >= 4 is 39.4 Å². The Bertz CT molecular complexity index is 525. The molecule has 6 nitrogen and oxygen atoms in total. The van der Waals surface area contributed by atoms with Gasteiger partial charge in [-0.1, -0.05) is 51.9 Å². The van der Waals surface area contributed by atoms with Crippen molar-refractivity contribution in [3.8, 4) is 0 Å². The zero-order valence-electron chi connectivity index (χ0n) is 13.0. The van der Waals surface area contributed by atoms with Crippen molar-refractivity contribution in [3.05, 3.63) is 35.9 Å². The first kappa shape index (κ1) is 19.4. The molecule has 0 fully saturated rings. The van der Waals surface area contributed by atoms with Crippen LogP contribution in [0, 0.1) is 0 Å². The predicted octanol–water partition coefficient (Wildman–Crippen LogP) is 1.36. The molecule has 0 heterocycles. The molecule has 0 bridgehead atoms. The number of rotatable bonds is 9. The van der Waals surface area contributed by atoms with Crippen LogP contribution >= 0.6 is 21.6 Å². The van der Waals surface area contributed by atoms with Gasteiger partial charge in [0.05, 0.1) is 7.11 Å². The number of methoxy groups -OCH3 is 1. The Morgan fingerprint density at radius 2 is 1.87 bits per heavy atom. The van der Waals surface area contributed by atoms with Crippen molar-refractivity contribution in [1.82, 2.24) is 10.6 Å². The third kappa shape index (κ3) is 8.51. The lowest BCUT2D eigenvalue weighted by molar-refractivity contribution is -0.141. The number of benzene rings is 1. The number of carbonyl (C=O) groups excluding carboxylic acids is 3. The van der Waals surface area contributed by atoms with Crippen LogP contribution in [0.2, 0.25) is 0 Å². The SMILES string of the molecule is COC(=O)CNC(=O)[C@H](CSSCc1ccccc1)NC(C)=O. The number of hydrogen-bond donors (Lipinski definition) is 2. The summed E-state index contributed by atoms with van der Waals surface area (Å²) < 4.78 is 4.46. The Morgan fingerprint density at radius 1 is 1.17 bits per heavy atom. The summed E-state index contributed by atoms with van der Waals surface area (Å²) in [6.45, 7) is 1.13. The minimum absolute atomic E-state index is 0.215. The fourth-order valence-corrected chi connectivity index (χ4v) is 3.82. The maximum atomic E-state index is 12.0. The van der Waals surface area contributed by atoms with Gasteiger partial charge in [-0.3, -0.25) is 14.4 Å². The number of carbonyl (C=O) groups is 3. The van der Waals surface area contributed by atoms with Crippen molar-refractivity contribution < 1.29 is 19.1 Å². The van der Waals surface area contributed by atoms with Crippen LogP contribution in [-0.4, -0.2) is 43.2 Å². The van der Waals surface area contributed by atoms with E-state index in [0.717, 1.165) is 5.75 Å². The normalized spacial score (nSPS) is 11.4. The minimum atomic E-state index is -0.689. The number of amides is 2. The monoisotopic (exact) mass is 356 g/mol. The topological polar surface area (TPSA) is 84.5 Å². The van der Waals surface area contributed by atoms with E-state index in [1.165, 1.54) is 30.4 Å². The first-order chi connectivity index (χ1) is 11.0. The average Bonchev–Trinajstić information content (AvgIpc) is 2.55. The average molecular weight is 356 g/mol. The molecule has 1 aromatic rings. The number of esters is 1. The Morgan fingerprint density at radius 3 is 2.48 bits per heavy atom. The second kappa shape index (κ2) is 11.0. The van der Waals surface area contributed by atoms with E-state index in [0.29, 0.717) is 5.75 Å². The van der Waals surface area contributed by atoms with E-state index in [1.54, 1.807) is 10.8 Å². The fourth-order valence-electron chi connectivity index (χ4n) is 1.58. The third-order valence-electron chi connectivity index (χ3n) is 2.72. The molecule has 2 N–H and O–H groups in total. The number of hydrogen-bond acceptors (Lipinski definition) is 6. The molecule has 1 atom stereocenters. The molecule has 0 aliphatic carbocycles. The summed E-state index contributed by atoms with van der Waals surface area (Å²) in [5.74, 6) is -0.0204. The van der Waals surface area contributed by atoms with Crippen molar-refractivity contribution in [1.29, 1.82) is 0 Å². The van der Waals surface area contributed by atoms with Crippen LogP contribution in [0.25, 0.3) is 0 Å². The molecule has 126 valence electrons. The summed E-state index contributed by atoms with van der Waals surface area (Å²) in [6, 6.07) is 9.27. The molecule has 0 aliphatic rings. The molecule has 0 unspecified atom stereocenters. The van der Waals surface area contributed by atoms with E-state index in [1.807, 2.05) is 30.3 Å². The lowest BCUT2D eigenvalue weighted by Gasteiger charge is -2.16. The Balaban J connectivity index is 2.39. The van der Waals surface area contributed by atoms with Gasteiger partial charge in [-0.2, -0.15) is 0 Å². The fraction of sp³-hybridized carbons (Fsp3) is 0.400. The Hall–Kier alpha value is -1.67. The zero-order valence-corrected chi connectivity index (χ0v) is 14.7. The van der Waals surface area contributed by atoms with Crippen LogP contribution in [0.3, 0.4) is 0 Å². The molecule has 0 saturated carbocycles. The van der Waals surface area contributed by atoms with E-state index < -0.39 is 17.9 Å². The van der Waals surface area contributed by atoms with Crippen molar-refractivity contribution in [3.63, 3.8) is 0 Å². The molecule has 23 heavy (non-hydrogen) atoms. The molecule has 8 heteroatoms. The van der Waals surface area contributed by atoms with E-state index >= 15 is 0 Å². The summed E-state index contributed by atoms with van der Waals surface area (Å²) in [5, 5.41) is 5.03. The molecule has 0 radical (unpaired) electrons. The van der Waals surface area contributed by atoms with Crippen molar-refractivity contribution in [2.24, 2.45) is 0 Å². The summed E-state index contributed by atoms with van der Waals surface area (Å²) in [6.07, 6.45) is 0. The molecule has 0 saturated heterocycles. The van der Waals surface area contributed by atoms with Gasteiger partial charge in [0.25, 0.3) is 0 Å². The van der Waals surface area contributed by atoms with Gasteiger partial charge < -0.3 is 15.4 Å². The van der Waals surface area contributed by atoms with Gasteiger partial charge in [-0.15, -0.1) is 0 Å². The first-order valence-electron chi connectivity index (χ1n) is 6.93. The van der Waals surface area contributed by atoms with Crippen molar-refractivity contribution in [2.45, 2.75) is 18.7 Å². The van der Waals surface area contributed by atoms with Gasteiger partial charge in [-0.05, 0) is 5.56 Å². The highest BCUT2D eigenvalue weighted by molar-refractivity contribution is 8.76. The maximum absolute atomic E-state index is 12.0. The third-order valence-corrected chi connectivity index (χ3v) is 5.06. The summed E-state index contributed by atoms with van der Waals surface area (Å²) in [7, 11) is 4.34. The zero-order chi connectivity index (χ0) is 17.1. The largest absolute Gasteiger partial charge is 0.468 e. The van der Waals surface area contributed by atoms with Gasteiger partial charge >= 0.3 is 5.97 Å². The van der Waals surface area contributed by atoms with E-state index in [9.17, 15) is 14.4 Å². The van der Waals surface area contributed by atoms with Crippen LogP contribution in [-0.2, 0) is 24.9 Å². The smallest absolute Gasteiger partial charge is 0.325 e. The highest BCUT2D eigenvalue weighted by Gasteiger charge is 2.20. The summed E-state index contributed by atoms with van der Waals surface area (Å²) in [4.78, 5) is 34.3. The van der Waals surface area contributed by atoms with Crippen LogP contribution < -0.4 is 10.6 Å². The molecule has 1 aromatic carbocycles. The van der Waals surface area contributed by atoms with Crippen LogP contribution in [0.5, 0.6) is 0 Å². The lowest BCUT2D eigenvalue weighted by Crippen LogP contribution is -2.48. The van der Waals surface area contributed by atoms with Crippen LogP contribution in [0.1, 0.15) is 12.5 Å². The van der Waals surface area contributed by atoms with Gasteiger partial charge in [0.1, 0.15) is 12.6 Å². The van der Waals surface area contributed by atoms with Crippen LogP contribution in [0.4, 0.5) is 0 Å². The molecular formula is C15H20N2O4S2. The standard InChI is InChI=1S/C15H20N2O4S2/c1-11(18)17-13(15(20)16-8-14(19)21-2)10-23-22-9-12-6-4-3-5-7-12/h3-7,13H,8-10H2,1-2H3,(H,16,20)(H,17,18)/t13-/m0/s1. The number of ether oxygens (including phenoxy) is 1. The maximum Gasteiger partial charge on any atom is 0.325 e. The summed E-state index contributed by atoms with van der Waals surface area (Å²) in [5.41, 5.74) is 1.19. The van der Waals surface area contributed by atoms with Gasteiger partial charge in [0.2, 0.25) is 11.8 Å². The van der Waals surface area contributed by atoms with E-state index in [4.69, 9.17) is 0 Å². The second-order valence-corrected chi connectivity index (χ2v) is 7.09. The number of nitrogens with one attached hydrogen (secondary N) is 2. The van der Waals surface area contributed by atoms with E-state index in [-0.39, 0.29) is 12.5 Å². The molecule has 0 aromatic heterocycles. The molecule has 2 amide bonds. The van der Waals surface area contributed by atoms with E-state index in [2.05, 4.69) is 15.4 Å². The lowest BCUT2D eigenvalue weighted by atomic mass is 10.2. The predicted molar refractivity (Wildman–Crippen MR) is 92.8 cm³/mol. The van der Waals surface area contributed by atoms with Crippen molar-refractivity contribution in [2.75, 3.05) is 19.4 Å². The highest BCUT2D eigenvalue weighted by atomic mass is 33.1. The molecule has 0 aliphatic heterocycles. The van der Waals surface area contributed by atoms with Gasteiger partial charge in [0.15, 0.2) is 0 Å². The highest BCUT2D eigenvalue weighted by Crippen LogP contribution is 2.26. The minimum Gasteiger partial charge on any atom is -0.468 e. The summed E-state index contributed by atoms with van der Waals surface area (Å²) >= 11 is 0. The van der Waals surface area contributed by atoms with Gasteiger partial charge in [0, 0.05) is 18.4 Å². The Kier molecular flexibility index (Phi) is 9.23. The van der Waals surface area contributed by atoms with Gasteiger partial charge in [-0.25, -0.2) is 0 Å². The molecule has 1 rings (SSSR count). The quantitative estimate of drug-likeness (QED) is 0.395. The Labute approximate surface area is 143 Å². The second-order valence-electron chi connectivity index (χ2n) is 4.58. The first-order valence-corrected chi connectivity index (χ1v) is 9.41. The van der Waals surface area contributed by atoms with Crippen LogP contribution in [0.15, 0.2) is 30.3 Å².